The van der Waals surface area contributed by atoms with Gasteiger partial charge in [0.05, 0.1) is 7.11 Å². The van der Waals surface area contributed by atoms with Crippen LogP contribution in [0.2, 0.25) is 0 Å². The molecule has 2 heterocycles. The standard InChI is InChI=1S/C17H18F2O5/c1-17(2)23-15-12(6-7-13(20)21-3)22-14(16(15)24-17)10-5-4-9(18)8-11(10)19/h4-8,12,14-16H,1-3H3/b7-6-/t12-,14+,15+,16-/m1/s1. The zero-order chi connectivity index (χ0) is 17.5. The van der Waals surface area contributed by atoms with E-state index >= 15 is 0 Å². The van der Waals surface area contributed by atoms with Gasteiger partial charge in [0.2, 0.25) is 0 Å². The summed E-state index contributed by atoms with van der Waals surface area (Å²) in [5.41, 5.74) is 0.182. The fourth-order valence-corrected chi connectivity index (χ4v) is 3.01. The van der Waals surface area contributed by atoms with Crippen LogP contribution in [0.25, 0.3) is 0 Å². The van der Waals surface area contributed by atoms with E-state index in [0.29, 0.717) is 0 Å². The van der Waals surface area contributed by atoms with Gasteiger partial charge in [0.25, 0.3) is 0 Å². The van der Waals surface area contributed by atoms with Gasteiger partial charge in [0.1, 0.15) is 36.1 Å². The van der Waals surface area contributed by atoms with Gasteiger partial charge in [-0.05, 0) is 26.0 Å². The molecule has 2 fully saturated rings. The van der Waals surface area contributed by atoms with Crippen molar-refractivity contribution in [2.75, 3.05) is 7.11 Å². The number of carbonyl (C=O) groups excluding carboxylic acids is 1. The van der Waals surface area contributed by atoms with Crippen LogP contribution in [0, 0.1) is 11.6 Å². The molecule has 0 radical (unpaired) electrons. The van der Waals surface area contributed by atoms with Crippen molar-refractivity contribution < 1.29 is 32.5 Å². The SMILES string of the molecule is COC(=O)/C=C\[C@H]1O[C@@H](c2ccc(F)cc2F)[C@H]2OC(C)(C)O[C@H]21. The van der Waals surface area contributed by atoms with Crippen LogP contribution >= 0.6 is 0 Å². The molecule has 1 aromatic rings. The van der Waals surface area contributed by atoms with Crippen LogP contribution < -0.4 is 0 Å². The highest BCUT2D eigenvalue weighted by atomic mass is 19.1. The van der Waals surface area contributed by atoms with Gasteiger partial charge in [0.15, 0.2) is 5.79 Å². The molecule has 5 nitrogen and oxygen atoms in total. The van der Waals surface area contributed by atoms with Crippen molar-refractivity contribution in [3.63, 3.8) is 0 Å². The largest absolute Gasteiger partial charge is 0.466 e. The maximum Gasteiger partial charge on any atom is 0.330 e. The van der Waals surface area contributed by atoms with E-state index in [9.17, 15) is 13.6 Å². The Morgan fingerprint density at radius 2 is 1.96 bits per heavy atom. The van der Waals surface area contributed by atoms with E-state index in [-0.39, 0.29) is 5.56 Å². The Bertz CT molecular complexity index is 673. The highest BCUT2D eigenvalue weighted by Crippen LogP contribution is 2.46. The number of rotatable bonds is 3. The van der Waals surface area contributed by atoms with Crippen LogP contribution in [0.15, 0.2) is 30.4 Å². The van der Waals surface area contributed by atoms with Crippen LogP contribution in [0.3, 0.4) is 0 Å². The number of fused-ring (bicyclic) bond motifs is 1. The minimum absolute atomic E-state index is 0.182. The van der Waals surface area contributed by atoms with Crippen LogP contribution in [0.4, 0.5) is 8.78 Å². The Morgan fingerprint density at radius 3 is 2.62 bits per heavy atom. The lowest BCUT2D eigenvalue weighted by Crippen LogP contribution is -2.28. The third-order valence-corrected chi connectivity index (χ3v) is 3.98. The smallest absolute Gasteiger partial charge is 0.330 e. The molecule has 24 heavy (non-hydrogen) atoms. The number of halogens is 2. The Morgan fingerprint density at radius 1 is 1.25 bits per heavy atom. The van der Waals surface area contributed by atoms with E-state index in [1.165, 1.54) is 25.3 Å². The Balaban J connectivity index is 1.90. The molecular formula is C17H18F2O5. The van der Waals surface area contributed by atoms with Crippen molar-refractivity contribution in [1.82, 2.24) is 0 Å². The Kier molecular flexibility index (Phi) is 4.42. The number of carbonyl (C=O) groups is 1. The summed E-state index contributed by atoms with van der Waals surface area (Å²) in [6, 6.07) is 3.29. The fourth-order valence-electron chi connectivity index (χ4n) is 3.01. The van der Waals surface area contributed by atoms with E-state index in [4.69, 9.17) is 14.2 Å². The van der Waals surface area contributed by atoms with E-state index < -0.39 is 47.8 Å². The second-order valence-corrected chi connectivity index (χ2v) is 6.13. The van der Waals surface area contributed by atoms with Crippen LogP contribution in [-0.2, 0) is 23.7 Å². The summed E-state index contributed by atoms with van der Waals surface area (Å²) in [4.78, 5) is 11.3. The van der Waals surface area contributed by atoms with E-state index in [1.807, 2.05) is 0 Å². The molecule has 0 amide bonds. The highest BCUT2D eigenvalue weighted by molar-refractivity contribution is 5.81. The zero-order valence-corrected chi connectivity index (χ0v) is 13.5. The van der Waals surface area contributed by atoms with Gasteiger partial charge in [0, 0.05) is 17.7 Å². The molecule has 2 aliphatic rings. The van der Waals surface area contributed by atoms with Gasteiger partial charge < -0.3 is 18.9 Å². The summed E-state index contributed by atoms with van der Waals surface area (Å²) >= 11 is 0. The van der Waals surface area contributed by atoms with Gasteiger partial charge >= 0.3 is 5.97 Å². The molecular weight excluding hydrogens is 322 g/mol. The van der Waals surface area contributed by atoms with Gasteiger partial charge in [-0.25, -0.2) is 13.6 Å². The van der Waals surface area contributed by atoms with Crippen molar-refractivity contribution in [2.45, 2.75) is 44.1 Å². The van der Waals surface area contributed by atoms with Crippen molar-refractivity contribution in [2.24, 2.45) is 0 Å². The number of benzene rings is 1. The lowest BCUT2D eigenvalue weighted by atomic mass is 10.0. The molecule has 2 aliphatic heterocycles. The quantitative estimate of drug-likeness (QED) is 0.625. The van der Waals surface area contributed by atoms with Crippen molar-refractivity contribution in [3.05, 3.63) is 47.5 Å². The zero-order valence-electron chi connectivity index (χ0n) is 13.5. The molecule has 0 bridgehead atoms. The van der Waals surface area contributed by atoms with E-state index in [2.05, 4.69) is 4.74 Å². The molecule has 0 spiro atoms. The van der Waals surface area contributed by atoms with Crippen molar-refractivity contribution in [1.29, 1.82) is 0 Å². The maximum absolute atomic E-state index is 14.1. The molecule has 130 valence electrons. The van der Waals surface area contributed by atoms with E-state index in [0.717, 1.165) is 12.1 Å². The topological polar surface area (TPSA) is 54.0 Å². The molecule has 0 unspecified atom stereocenters. The summed E-state index contributed by atoms with van der Waals surface area (Å²) in [5.74, 6) is -2.79. The maximum atomic E-state index is 14.1. The average molecular weight is 340 g/mol. The summed E-state index contributed by atoms with van der Waals surface area (Å²) in [6.45, 7) is 3.48. The summed E-state index contributed by atoms with van der Waals surface area (Å²) < 4.78 is 49.3. The first kappa shape index (κ1) is 17.0. The second kappa shape index (κ2) is 6.23. The lowest BCUT2D eigenvalue weighted by Gasteiger charge is -2.23. The van der Waals surface area contributed by atoms with E-state index in [1.54, 1.807) is 13.8 Å². The third kappa shape index (κ3) is 3.19. The summed E-state index contributed by atoms with van der Waals surface area (Å²) in [7, 11) is 1.26. The molecule has 0 aromatic heterocycles. The molecule has 7 heteroatoms. The minimum Gasteiger partial charge on any atom is -0.466 e. The van der Waals surface area contributed by atoms with Crippen molar-refractivity contribution in [3.8, 4) is 0 Å². The monoisotopic (exact) mass is 340 g/mol. The fraction of sp³-hybridized carbons (Fsp3) is 0.471. The lowest BCUT2D eigenvalue weighted by molar-refractivity contribution is -0.183. The average Bonchev–Trinajstić information content (AvgIpc) is 2.98. The molecule has 0 aliphatic carbocycles. The Hall–Kier alpha value is -1.83. The molecule has 3 rings (SSSR count). The van der Waals surface area contributed by atoms with Gasteiger partial charge in [-0.2, -0.15) is 0 Å². The second-order valence-electron chi connectivity index (χ2n) is 6.13. The number of hydrogen-bond acceptors (Lipinski definition) is 5. The van der Waals surface area contributed by atoms with Crippen LogP contribution in [0.1, 0.15) is 25.5 Å². The number of ether oxygens (including phenoxy) is 4. The first-order valence-electron chi connectivity index (χ1n) is 7.53. The van der Waals surface area contributed by atoms with Gasteiger partial charge in [-0.1, -0.05) is 6.07 Å². The first-order chi connectivity index (χ1) is 11.3. The minimum atomic E-state index is -0.870. The molecule has 4 atom stereocenters. The van der Waals surface area contributed by atoms with Gasteiger partial charge in [-0.15, -0.1) is 0 Å². The highest BCUT2D eigenvalue weighted by Gasteiger charge is 2.55. The molecule has 2 saturated heterocycles. The predicted octanol–water partition coefficient (Wildman–Crippen LogP) is 2.65. The third-order valence-electron chi connectivity index (χ3n) is 3.98. The first-order valence-corrected chi connectivity index (χ1v) is 7.53. The predicted molar refractivity (Wildman–Crippen MR) is 79.0 cm³/mol. The van der Waals surface area contributed by atoms with Crippen LogP contribution in [-0.4, -0.2) is 37.2 Å². The summed E-state index contributed by atoms with van der Waals surface area (Å²) in [6.07, 6.45) is 0.229. The van der Waals surface area contributed by atoms with Gasteiger partial charge in [-0.3, -0.25) is 0 Å². The van der Waals surface area contributed by atoms with Crippen LogP contribution in [0.5, 0.6) is 0 Å². The van der Waals surface area contributed by atoms with Crippen molar-refractivity contribution >= 4 is 5.97 Å². The normalized spacial score (nSPS) is 31.4. The molecule has 0 N–H and O–H groups in total. The Labute approximate surface area is 138 Å². The number of hydrogen-bond donors (Lipinski definition) is 0. The number of methoxy groups -OCH3 is 1. The summed E-state index contributed by atoms with van der Waals surface area (Å²) in [5, 5.41) is 0. The molecule has 1 aromatic carbocycles. The number of esters is 1. The molecule has 0 saturated carbocycles.